The summed E-state index contributed by atoms with van der Waals surface area (Å²) in [6.07, 6.45) is 1.62. The lowest BCUT2D eigenvalue weighted by molar-refractivity contribution is 1.25. The molecule has 0 aliphatic heterocycles. The molecule has 0 heterocycles. The van der Waals surface area contributed by atoms with Gasteiger partial charge in [0.05, 0.1) is 5.38 Å². The van der Waals surface area contributed by atoms with Crippen molar-refractivity contribution in [2.45, 2.75) is 5.38 Å². The van der Waals surface area contributed by atoms with Gasteiger partial charge in [0, 0.05) is 11.4 Å². The van der Waals surface area contributed by atoms with Gasteiger partial charge in [0.1, 0.15) is 0 Å². The molecule has 0 aliphatic rings. The summed E-state index contributed by atoms with van der Waals surface area (Å²) in [5, 5.41) is -0.126. The van der Waals surface area contributed by atoms with Gasteiger partial charge in [-0.1, -0.05) is 17.7 Å². The Kier molecular flexibility index (Phi) is 5.18. The molecule has 0 rings (SSSR count). The van der Waals surface area contributed by atoms with E-state index in [9.17, 15) is 0 Å². The Bertz CT molecular complexity index is 60.0. The first-order valence-electron chi connectivity index (χ1n) is 1.78. The highest BCUT2D eigenvalue weighted by Crippen LogP contribution is 2.00. The highest BCUT2D eigenvalue weighted by atomic mass is 35.5. The van der Waals surface area contributed by atoms with Crippen LogP contribution in [0.5, 0.6) is 0 Å². The largest absolute Gasteiger partial charge is 0.125 e. The molecule has 0 radical (unpaired) electrons. The van der Waals surface area contributed by atoms with Crippen LogP contribution in [-0.4, -0.2) is 11.3 Å². The number of allylic oxidation sites excluding steroid dienone is 1. The molecule has 0 fully saturated rings. The van der Waals surface area contributed by atoms with E-state index in [1.165, 1.54) is 5.54 Å². The zero-order valence-corrected chi connectivity index (χ0v) is 5.84. The van der Waals surface area contributed by atoms with Gasteiger partial charge < -0.3 is 0 Å². The van der Waals surface area contributed by atoms with Crippen LogP contribution in [0, 0.1) is 0 Å². The van der Waals surface area contributed by atoms with Crippen molar-refractivity contribution in [1.29, 1.82) is 0 Å². The molecule has 0 aromatic carbocycles. The minimum absolute atomic E-state index is 0.126. The summed E-state index contributed by atoms with van der Waals surface area (Å²) < 4.78 is 0. The Morgan fingerprint density at radius 3 is 2.29 bits per heavy atom. The van der Waals surface area contributed by atoms with E-state index in [1.54, 1.807) is 6.08 Å². The molecular formula is C4H5Cl3. The highest BCUT2D eigenvalue weighted by Gasteiger charge is 1.91. The maximum absolute atomic E-state index is 5.46. The van der Waals surface area contributed by atoms with Gasteiger partial charge >= 0.3 is 0 Å². The average molecular weight is 159 g/mol. The molecule has 0 aromatic rings. The van der Waals surface area contributed by atoms with Crippen molar-refractivity contribution >= 4 is 34.8 Å². The molecule has 0 amide bonds. The second kappa shape index (κ2) is 4.76. The van der Waals surface area contributed by atoms with E-state index >= 15 is 0 Å². The molecule has 3 heteroatoms. The summed E-state index contributed by atoms with van der Waals surface area (Å²) in [6.45, 7) is 0. The van der Waals surface area contributed by atoms with E-state index in [4.69, 9.17) is 34.8 Å². The van der Waals surface area contributed by atoms with Crippen molar-refractivity contribution in [2.24, 2.45) is 0 Å². The highest BCUT2D eigenvalue weighted by molar-refractivity contribution is 6.30. The molecule has 0 nitrogen and oxygen atoms in total. The average Bonchev–Trinajstić information content (AvgIpc) is 1.68. The molecule has 0 saturated heterocycles. The molecule has 0 spiro atoms. The number of halogens is 3. The smallest absolute Gasteiger partial charge is 0.0662 e. The van der Waals surface area contributed by atoms with E-state index in [2.05, 4.69) is 0 Å². The summed E-state index contributed by atoms with van der Waals surface area (Å²) in [6, 6.07) is 0. The van der Waals surface area contributed by atoms with Crippen LogP contribution < -0.4 is 0 Å². The standard InChI is InChI=1S/C4H5Cl3/c5-2-1-4(7)3-6/h1-2,4H,3H2/b2-1-. The van der Waals surface area contributed by atoms with Crippen LogP contribution in [0.4, 0.5) is 0 Å². The van der Waals surface area contributed by atoms with Gasteiger partial charge in [-0.2, -0.15) is 0 Å². The van der Waals surface area contributed by atoms with Crippen LogP contribution in [0.2, 0.25) is 0 Å². The topological polar surface area (TPSA) is 0 Å². The summed E-state index contributed by atoms with van der Waals surface area (Å²) in [5.41, 5.74) is 1.36. The van der Waals surface area contributed by atoms with E-state index in [1.807, 2.05) is 0 Å². The van der Waals surface area contributed by atoms with Gasteiger partial charge in [-0.15, -0.1) is 23.2 Å². The SMILES string of the molecule is Cl/C=C\C(Cl)CCl. The fraction of sp³-hybridized carbons (Fsp3) is 0.500. The molecule has 1 atom stereocenters. The lowest BCUT2D eigenvalue weighted by atomic mass is 10.5. The molecule has 7 heavy (non-hydrogen) atoms. The van der Waals surface area contributed by atoms with Crippen LogP contribution in [0.25, 0.3) is 0 Å². The minimum Gasteiger partial charge on any atom is -0.125 e. The van der Waals surface area contributed by atoms with Crippen molar-refractivity contribution in [1.82, 2.24) is 0 Å². The predicted molar refractivity (Wildman–Crippen MR) is 35.4 cm³/mol. The number of hydrogen-bond acceptors (Lipinski definition) is 0. The lowest BCUT2D eigenvalue weighted by Crippen LogP contribution is -1.91. The predicted octanol–water partition coefficient (Wildman–Crippen LogP) is 2.59. The van der Waals surface area contributed by atoms with Crippen molar-refractivity contribution in [3.8, 4) is 0 Å². The molecule has 42 valence electrons. The Morgan fingerprint density at radius 1 is 1.57 bits per heavy atom. The maximum Gasteiger partial charge on any atom is 0.0662 e. The molecular weight excluding hydrogens is 154 g/mol. The Balaban J connectivity index is 3.16. The van der Waals surface area contributed by atoms with E-state index in [-0.39, 0.29) is 5.38 Å². The fourth-order valence-electron chi connectivity index (χ4n) is 0.130. The summed E-state index contributed by atoms with van der Waals surface area (Å²) >= 11 is 15.9. The number of alkyl halides is 2. The Hall–Kier alpha value is 0.610. The second-order valence-corrected chi connectivity index (χ2v) is 2.11. The van der Waals surface area contributed by atoms with Crippen LogP contribution in [0.3, 0.4) is 0 Å². The van der Waals surface area contributed by atoms with Crippen molar-refractivity contribution in [2.75, 3.05) is 5.88 Å². The van der Waals surface area contributed by atoms with Crippen molar-refractivity contribution < 1.29 is 0 Å². The lowest BCUT2D eigenvalue weighted by Gasteiger charge is -1.90. The Morgan fingerprint density at radius 2 is 2.14 bits per heavy atom. The third-order valence-corrected chi connectivity index (χ3v) is 1.36. The van der Waals surface area contributed by atoms with E-state index < -0.39 is 0 Å². The van der Waals surface area contributed by atoms with Crippen molar-refractivity contribution in [3.05, 3.63) is 11.6 Å². The van der Waals surface area contributed by atoms with Crippen LogP contribution in [0.15, 0.2) is 11.6 Å². The molecule has 0 aliphatic carbocycles. The van der Waals surface area contributed by atoms with Gasteiger partial charge in [0.25, 0.3) is 0 Å². The van der Waals surface area contributed by atoms with Gasteiger partial charge in [-0.05, 0) is 0 Å². The zero-order chi connectivity index (χ0) is 5.70. The summed E-state index contributed by atoms with van der Waals surface area (Å²) in [7, 11) is 0. The summed E-state index contributed by atoms with van der Waals surface area (Å²) in [5.74, 6) is 0.408. The monoisotopic (exact) mass is 158 g/mol. The fourth-order valence-corrected chi connectivity index (χ4v) is 0.556. The van der Waals surface area contributed by atoms with Crippen LogP contribution in [0.1, 0.15) is 0 Å². The molecule has 0 aromatic heterocycles. The Labute approximate surface area is 58.1 Å². The van der Waals surface area contributed by atoms with Gasteiger partial charge in [0.15, 0.2) is 0 Å². The first kappa shape index (κ1) is 7.61. The van der Waals surface area contributed by atoms with E-state index in [0.29, 0.717) is 5.88 Å². The molecule has 0 saturated carbocycles. The van der Waals surface area contributed by atoms with Gasteiger partial charge in [0.2, 0.25) is 0 Å². The van der Waals surface area contributed by atoms with Crippen LogP contribution in [-0.2, 0) is 0 Å². The quantitative estimate of drug-likeness (QED) is 0.543. The normalized spacial score (nSPS) is 15.3. The number of hydrogen-bond donors (Lipinski definition) is 0. The van der Waals surface area contributed by atoms with Crippen LogP contribution >= 0.6 is 34.8 Å². The first-order valence-corrected chi connectivity index (χ1v) is 3.19. The molecule has 1 unspecified atom stereocenters. The van der Waals surface area contributed by atoms with Gasteiger partial charge in [-0.3, -0.25) is 0 Å². The maximum atomic E-state index is 5.46. The molecule has 0 bridgehead atoms. The van der Waals surface area contributed by atoms with Crippen molar-refractivity contribution in [3.63, 3.8) is 0 Å². The summed E-state index contributed by atoms with van der Waals surface area (Å²) in [4.78, 5) is 0. The van der Waals surface area contributed by atoms with E-state index in [0.717, 1.165) is 0 Å². The zero-order valence-electron chi connectivity index (χ0n) is 3.57. The first-order chi connectivity index (χ1) is 3.31. The molecule has 0 N–H and O–H groups in total. The number of rotatable bonds is 2. The second-order valence-electron chi connectivity index (χ2n) is 0.989. The third kappa shape index (κ3) is 4.46. The third-order valence-electron chi connectivity index (χ3n) is 0.429. The minimum atomic E-state index is -0.126. The van der Waals surface area contributed by atoms with Gasteiger partial charge in [-0.25, -0.2) is 0 Å².